The van der Waals surface area contributed by atoms with Crippen molar-refractivity contribution in [1.82, 2.24) is 4.90 Å². The van der Waals surface area contributed by atoms with Gasteiger partial charge in [0, 0.05) is 19.0 Å². The number of benzene rings is 2. The molecule has 0 radical (unpaired) electrons. The third-order valence-corrected chi connectivity index (χ3v) is 5.70. The van der Waals surface area contributed by atoms with Crippen LogP contribution in [0.2, 0.25) is 0 Å². The molecule has 2 fully saturated rings. The summed E-state index contributed by atoms with van der Waals surface area (Å²) in [5.74, 6) is 7.91. The highest BCUT2D eigenvalue weighted by Gasteiger charge is 2.50. The first-order valence-electron chi connectivity index (χ1n) is 9.74. The molecule has 25 heavy (non-hydrogen) atoms. The average molecular weight is 329 g/mol. The molecule has 1 aliphatic heterocycles. The molecule has 1 nitrogen and oxygen atoms in total. The lowest BCUT2D eigenvalue weighted by Crippen LogP contribution is -2.17. The van der Waals surface area contributed by atoms with E-state index >= 15 is 0 Å². The fraction of sp³-hybridized carbons (Fsp3) is 0.417. The molecular formula is C24H27N. The largest absolute Gasteiger partial charge is 0.278 e. The highest BCUT2D eigenvalue weighted by atomic mass is 15.3. The second-order valence-electron chi connectivity index (χ2n) is 7.47. The Morgan fingerprint density at radius 2 is 1.44 bits per heavy atom. The van der Waals surface area contributed by atoms with E-state index in [2.05, 4.69) is 77.4 Å². The van der Waals surface area contributed by atoms with E-state index in [1.807, 2.05) is 0 Å². The topological polar surface area (TPSA) is 3.01 Å². The van der Waals surface area contributed by atoms with Crippen LogP contribution in [0, 0.1) is 17.8 Å². The molecule has 1 unspecified atom stereocenters. The average Bonchev–Trinajstić information content (AvgIpc) is 3.36. The zero-order valence-corrected chi connectivity index (χ0v) is 14.9. The summed E-state index contributed by atoms with van der Waals surface area (Å²) in [4.78, 5) is 2.63. The van der Waals surface area contributed by atoms with Gasteiger partial charge in [0.05, 0.1) is 6.04 Å². The van der Waals surface area contributed by atoms with Crippen molar-refractivity contribution in [3.05, 3.63) is 71.8 Å². The SMILES string of the molecule is C(#C[C@@H]1[C@@H](C2CCCCC2)N1Cc1ccccc1)Cc1ccccc1. The van der Waals surface area contributed by atoms with Gasteiger partial charge in [-0.05, 0) is 29.9 Å². The second kappa shape index (κ2) is 7.89. The fourth-order valence-corrected chi connectivity index (χ4v) is 4.32. The highest BCUT2D eigenvalue weighted by Crippen LogP contribution is 2.42. The van der Waals surface area contributed by atoms with Gasteiger partial charge in [-0.2, -0.15) is 0 Å². The minimum absolute atomic E-state index is 0.465. The van der Waals surface area contributed by atoms with Gasteiger partial charge in [0.15, 0.2) is 0 Å². The molecule has 128 valence electrons. The Balaban J connectivity index is 1.44. The molecule has 1 heterocycles. The molecule has 2 aromatic carbocycles. The normalized spacial score (nSPS) is 25.8. The standard InChI is InChI=1S/C24H27N/c1-4-11-20(12-5-1)15-10-18-23-24(22-16-8-3-9-17-22)25(23)19-21-13-6-2-7-14-21/h1-2,4-7,11-14,22-24H,3,8-9,15-17,19H2/t23-,24-,25?/m1/s1. The first-order valence-corrected chi connectivity index (χ1v) is 9.74. The van der Waals surface area contributed by atoms with Gasteiger partial charge in [-0.1, -0.05) is 91.8 Å². The van der Waals surface area contributed by atoms with Gasteiger partial charge in [-0.15, -0.1) is 0 Å². The van der Waals surface area contributed by atoms with Gasteiger partial charge < -0.3 is 0 Å². The summed E-state index contributed by atoms with van der Waals surface area (Å²) < 4.78 is 0. The molecule has 1 saturated heterocycles. The van der Waals surface area contributed by atoms with E-state index < -0.39 is 0 Å². The van der Waals surface area contributed by atoms with Crippen molar-refractivity contribution in [2.75, 3.05) is 0 Å². The van der Waals surface area contributed by atoms with Gasteiger partial charge in [-0.3, -0.25) is 4.90 Å². The molecule has 2 aromatic rings. The lowest BCUT2D eigenvalue weighted by atomic mass is 9.85. The molecule has 2 aliphatic rings. The van der Waals surface area contributed by atoms with Crippen LogP contribution in [-0.2, 0) is 13.0 Å². The Bertz CT molecular complexity index is 719. The molecule has 3 atom stereocenters. The number of hydrogen-bond donors (Lipinski definition) is 0. The molecule has 0 bridgehead atoms. The van der Waals surface area contributed by atoms with Crippen molar-refractivity contribution in [3.63, 3.8) is 0 Å². The van der Waals surface area contributed by atoms with Crippen molar-refractivity contribution >= 4 is 0 Å². The Morgan fingerprint density at radius 1 is 0.800 bits per heavy atom. The van der Waals surface area contributed by atoms with Crippen molar-refractivity contribution in [2.45, 2.75) is 57.2 Å². The maximum absolute atomic E-state index is 3.60. The summed E-state index contributed by atoms with van der Waals surface area (Å²) >= 11 is 0. The third-order valence-electron chi connectivity index (χ3n) is 5.70. The fourth-order valence-electron chi connectivity index (χ4n) is 4.32. The summed E-state index contributed by atoms with van der Waals surface area (Å²) in [6.45, 7) is 1.05. The van der Waals surface area contributed by atoms with E-state index in [1.54, 1.807) is 0 Å². The molecule has 1 heteroatoms. The number of rotatable bonds is 4. The zero-order chi connectivity index (χ0) is 16.9. The first-order chi connectivity index (χ1) is 12.4. The number of nitrogens with zero attached hydrogens (tertiary/aromatic N) is 1. The van der Waals surface area contributed by atoms with Crippen molar-refractivity contribution in [3.8, 4) is 11.8 Å². The summed E-state index contributed by atoms with van der Waals surface area (Å²) in [7, 11) is 0. The van der Waals surface area contributed by atoms with Crippen molar-refractivity contribution in [1.29, 1.82) is 0 Å². The molecular weight excluding hydrogens is 302 g/mol. The molecule has 4 rings (SSSR count). The maximum atomic E-state index is 3.60. The predicted octanol–water partition coefficient (Wildman–Crippen LogP) is 5.07. The van der Waals surface area contributed by atoms with E-state index in [1.165, 1.54) is 43.2 Å². The Morgan fingerprint density at radius 3 is 2.12 bits per heavy atom. The van der Waals surface area contributed by atoms with Crippen molar-refractivity contribution < 1.29 is 0 Å². The smallest absolute Gasteiger partial charge is 0.0881 e. The third kappa shape index (κ3) is 4.14. The van der Waals surface area contributed by atoms with Gasteiger partial charge in [-0.25, -0.2) is 0 Å². The summed E-state index contributed by atoms with van der Waals surface area (Å²) in [6, 6.07) is 22.6. The molecule has 0 aromatic heterocycles. The molecule has 0 spiro atoms. The molecule has 0 N–H and O–H groups in total. The predicted molar refractivity (Wildman–Crippen MR) is 104 cm³/mol. The minimum atomic E-state index is 0.465. The van der Waals surface area contributed by atoms with Crippen molar-refractivity contribution in [2.24, 2.45) is 5.92 Å². The highest BCUT2D eigenvalue weighted by molar-refractivity contribution is 5.29. The van der Waals surface area contributed by atoms with E-state index in [4.69, 9.17) is 0 Å². The summed E-state index contributed by atoms with van der Waals surface area (Å²) in [5.41, 5.74) is 2.73. The van der Waals surface area contributed by atoms with E-state index in [-0.39, 0.29) is 0 Å². The first kappa shape index (κ1) is 16.4. The molecule has 1 saturated carbocycles. The van der Waals surface area contributed by atoms with Gasteiger partial charge >= 0.3 is 0 Å². The van der Waals surface area contributed by atoms with Crippen LogP contribution < -0.4 is 0 Å². The van der Waals surface area contributed by atoms with Crippen LogP contribution in [0.4, 0.5) is 0 Å². The van der Waals surface area contributed by atoms with Crippen LogP contribution in [0.3, 0.4) is 0 Å². The lowest BCUT2D eigenvalue weighted by molar-refractivity contribution is 0.309. The zero-order valence-electron chi connectivity index (χ0n) is 14.9. The van der Waals surface area contributed by atoms with Crippen LogP contribution in [0.25, 0.3) is 0 Å². The maximum Gasteiger partial charge on any atom is 0.0881 e. The van der Waals surface area contributed by atoms with Gasteiger partial charge in [0.1, 0.15) is 0 Å². The van der Waals surface area contributed by atoms with E-state index in [0.29, 0.717) is 12.1 Å². The lowest BCUT2D eigenvalue weighted by Gasteiger charge is -2.21. The Labute approximate surface area is 152 Å². The number of hydrogen-bond acceptors (Lipinski definition) is 1. The van der Waals surface area contributed by atoms with E-state index in [0.717, 1.165) is 18.9 Å². The second-order valence-corrected chi connectivity index (χ2v) is 7.47. The summed E-state index contributed by atoms with van der Waals surface area (Å²) in [5, 5.41) is 0. The molecule has 1 aliphatic carbocycles. The van der Waals surface area contributed by atoms with Crippen LogP contribution in [0.1, 0.15) is 43.2 Å². The van der Waals surface area contributed by atoms with Crippen LogP contribution in [0.15, 0.2) is 60.7 Å². The Kier molecular flexibility index (Phi) is 5.19. The van der Waals surface area contributed by atoms with Gasteiger partial charge in [0.2, 0.25) is 0 Å². The monoisotopic (exact) mass is 329 g/mol. The Hall–Kier alpha value is -2.04. The van der Waals surface area contributed by atoms with Crippen LogP contribution >= 0.6 is 0 Å². The minimum Gasteiger partial charge on any atom is -0.278 e. The summed E-state index contributed by atoms with van der Waals surface area (Å²) in [6.07, 6.45) is 7.90. The van der Waals surface area contributed by atoms with Crippen LogP contribution in [-0.4, -0.2) is 17.0 Å². The van der Waals surface area contributed by atoms with Gasteiger partial charge in [0.25, 0.3) is 0 Å². The van der Waals surface area contributed by atoms with Crippen LogP contribution in [0.5, 0.6) is 0 Å². The molecule has 0 amide bonds. The van der Waals surface area contributed by atoms with E-state index in [9.17, 15) is 0 Å². The quantitative estimate of drug-likeness (QED) is 0.559.